The Bertz CT molecular complexity index is 381. The predicted molar refractivity (Wildman–Crippen MR) is 70.7 cm³/mol. The molecule has 1 saturated carbocycles. The minimum Gasteiger partial charge on any atom is -0.325 e. The molecule has 0 radical (unpaired) electrons. The van der Waals surface area contributed by atoms with Crippen LogP contribution >= 0.6 is 0 Å². The molecule has 1 unspecified atom stereocenters. The Balaban J connectivity index is 1.93. The molecule has 1 aliphatic carbocycles. The minimum absolute atomic E-state index is 0.0393. The highest BCUT2D eigenvalue weighted by Crippen LogP contribution is 2.41. The van der Waals surface area contributed by atoms with E-state index in [1.54, 1.807) is 0 Å². The van der Waals surface area contributed by atoms with Crippen molar-refractivity contribution in [2.24, 2.45) is 18.2 Å². The first kappa shape index (κ1) is 12.6. The lowest BCUT2D eigenvalue weighted by Crippen LogP contribution is -2.47. The summed E-state index contributed by atoms with van der Waals surface area (Å²) in [5.41, 5.74) is 8.33. The highest BCUT2D eigenvalue weighted by atomic mass is 15.2. The molecule has 0 aromatic carbocycles. The summed E-state index contributed by atoms with van der Waals surface area (Å²) in [6.45, 7) is 4.69. The highest BCUT2D eigenvalue weighted by Gasteiger charge is 2.36. The first-order valence-electron chi connectivity index (χ1n) is 6.65. The van der Waals surface area contributed by atoms with Gasteiger partial charge in [0.05, 0.1) is 6.20 Å². The molecule has 1 atom stereocenters. The number of aryl methyl sites for hydroxylation is 2. The molecule has 0 amide bonds. The molecular weight excluding hydrogens is 210 g/mol. The van der Waals surface area contributed by atoms with Crippen LogP contribution in [-0.2, 0) is 13.5 Å². The van der Waals surface area contributed by atoms with Crippen LogP contribution in [0, 0.1) is 5.41 Å². The number of hydrogen-bond donors (Lipinski definition) is 1. The number of nitrogens with zero attached hydrogens (tertiary/aromatic N) is 2. The quantitative estimate of drug-likeness (QED) is 0.875. The van der Waals surface area contributed by atoms with Crippen LogP contribution in [0.4, 0.5) is 0 Å². The third-order valence-corrected chi connectivity index (χ3v) is 4.03. The van der Waals surface area contributed by atoms with E-state index in [1.807, 2.05) is 17.9 Å². The fourth-order valence-corrected chi connectivity index (χ4v) is 3.26. The van der Waals surface area contributed by atoms with Crippen molar-refractivity contribution in [1.29, 1.82) is 0 Å². The zero-order valence-corrected chi connectivity index (χ0v) is 11.4. The van der Waals surface area contributed by atoms with Gasteiger partial charge in [0.15, 0.2) is 0 Å². The summed E-state index contributed by atoms with van der Waals surface area (Å²) in [6, 6.07) is 0. The van der Waals surface area contributed by atoms with Crippen molar-refractivity contribution in [3.05, 3.63) is 18.0 Å². The van der Waals surface area contributed by atoms with E-state index in [0.29, 0.717) is 5.41 Å². The third kappa shape index (κ3) is 3.32. The molecule has 2 N–H and O–H groups in total. The zero-order valence-electron chi connectivity index (χ0n) is 11.4. The summed E-state index contributed by atoms with van der Waals surface area (Å²) >= 11 is 0. The molecule has 1 aliphatic rings. The second kappa shape index (κ2) is 4.45. The van der Waals surface area contributed by atoms with E-state index >= 15 is 0 Å². The lowest BCUT2D eigenvalue weighted by molar-refractivity contribution is 0.144. The van der Waals surface area contributed by atoms with Crippen molar-refractivity contribution in [2.75, 3.05) is 0 Å². The van der Waals surface area contributed by atoms with Crippen LogP contribution in [0.3, 0.4) is 0 Å². The maximum Gasteiger partial charge on any atom is 0.0521 e. The Labute approximate surface area is 104 Å². The first-order chi connectivity index (χ1) is 7.89. The average Bonchev–Trinajstić information content (AvgIpc) is 2.60. The van der Waals surface area contributed by atoms with Gasteiger partial charge in [0.25, 0.3) is 0 Å². The molecule has 17 heavy (non-hydrogen) atoms. The summed E-state index contributed by atoms with van der Waals surface area (Å²) in [7, 11) is 1.96. The van der Waals surface area contributed by atoms with Gasteiger partial charge in [-0.25, -0.2) is 0 Å². The molecule has 3 heteroatoms. The Morgan fingerprint density at radius 2 is 2.18 bits per heavy atom. The van der Waals surface area contributed by atoms with Gasteiger partial charge in [-0.2, -0.15) is 5.10 Å². The summed E-state index contributed by atoms with van der Waals surface area (Å²) in [6.07, 6.45) is 11.1. The molecule has 96 valence electrons. The Hall–Kier alpha value is -0.830. The molecule has 0 spiro atoms. The van der Waals surface area contributed by atoms with Crippen molar-refractivity contribution in [1.82, 2.24) is 9.78 Å². The number of rotatable bonds is 3. The fraction of sp³-hybridized carbons (Fsp3) is 0.786. The van der Waals surface area contributed by atoms with Crippen LogP contribution in [0.15, 0.2) is 12.4 Å². The van der Waals surface area contributed by atoms with Gasteiger partial charge < -0.3 is 5.73 Å². The number of hydrogen-bond acceptors (Lipinski definition) is 2. The summed E-state index contributed by atoms with van der Waals surface area (Å²) < 4.78 is 1.86. The molecule has 3 nitrogen and oxygen atoms in total. The fourth-order valence-electron chi connectivity index (χ4n) is 3.26. The second-order valence-electron chi connectivity index (χ2n) is 6.58. The highest BCUT2D eigenvalue weighted by molar-refractivity contribution is 5.06. The number of aromatic nitrogens is 2. The maximum atomic E-state index is 6.56. The molecule has 1 aromatic rings. The van der Waals surface area contributed by atoms with E-state index in [9.17, 15) is 0 Å². The van der Waals surface area contributed by atoms with E-state index in [2.05, 4.69) is 25.1 Å². The SMILES string of the molecule is Cn1cc(CCC2(N)CCCC(C)(C)C2)cn1. The molecule has 2 rings (SSSR count). The van der Waals surface area contributed by atoms with Crippen molar-refractivity contribution in [2.45, 2.75) is 57.9 Å². The lowest BCUT2D eigenvalue weighted by atomic mass is 9.67. The van der Waals surface area contributed by atoms with Crippen LogP contribution in [0.25, 0.3) is 0 Å². The van der Waals surface area contributed by atoms with Crippen LogP contribution in [0.5, 0.6) is 0 Å². The summed E-state index contributed by atoms with van der Waals surface area (Å²) in [5, 5.41) is 4.21. The van der Waals surface area contributed by atoms with Crippen molar-refractivity contribution >= 4 is 0 Å². The van der Waals surface area contributed by atoms with Gasteiger partial charge in [-0.15, -0.1) is 0 Å². The molecular formula is C14H25N3. The third-order valence-electron chi connectivity index (χ3n) is 4.03. The van der Waals surface area contributed by atoms with Crippen molar-refractivity contribution in [3.63, 3.8) is 0 Å². The maximum absolute atomic E-state index is 6.56. The van der Waals surface area contributed by atoms with Crippen LogP contribution in [0.2, 0.25) is 0 Å². The normalized spacial score (nSPS) is 28.2. The van der Waals surface area contributed by atoms with Gasteiger partial charge in [0.2, 0.25) is 0 Å². The smallest absolute Gasteiger partial charge is 0.0521 e. The van der Waals surface area contributed by atoms with Crippen LogP contribution in [-0.4, -0.2) is 15.3 Å². The largest absolute Gasteiger partial charge is 0.325 e. The Morgan fingerprint density at radius 1 is 1.41 bits per heavy atom. The molecule has 1 aromatic heterocycles. The Kier molecular flexibility index (Phi) is 3.30. The summed E-state index contributed by atoms with van der Waals surface area (Å²) in [5.74, 6) is 0. The summed E-state index contributed by atoms with van der Waals surface area (Å²) in [4.78, 5) is 0. The van der Waals surface area contributed by atoms with E-state index in [4.69, 9.17) is 5.73 Å². The minimum atomic E-state index is 0.0393. The van der Waals surface area contributed by atoms with Crippen LogP contribution < -0.4 is 5.73 Å². The van der Waals surface area contributed by atoms with E-state index in [1.165, 1.54) is 24.8 Å². The second-order valence-corrected chi connectivity index (χ2v) is 6.58. The standard InChI is InChI=1S/C14H25N3/c1-13(2)6-4-7-14(15,11-13)8-5-12-9-16-17(3)10-12/h9-10H,4-8,11,15H2,1-3H3. The monoisotopic (exact) mass is 235 g/mol. The molecule has 0 saturated heterocycles. The zero-order chi connectivity index (χ0) is 12.5. The van der Waals surface area contributed by atoms with E-state index in [0.717, 1.165) is 19.3 Å². The molecule has 0 aliphatic heterocycles. The van der Waals surface area contributed by atoms with E-state index < -0.39 is 0 Å². The van der Waals surface area contributed by atoms with Crippen LogP contribution in [0.1, 0.15) is 51.5 Å². The molecule has 0 bridgehead atoms. The number of nitrogens with two attached hydrogens (primary N) is 1. The predicted octanol–water partition coefficient (Wildman–Crippen LogP) is 2.65. The molecule has 1 fully saturated rings. The van der Waals surface area contributed by atoms with Gasteiger partial charge in [0.1, 0.15) is 0 Å². The Morgan fingerprint density at radius 3 is 2.76 bits per heavy atom. The van der Waals surface area contributed by atoms with Gasteiger partial charge in [-0.1, -0.05) is 20.3 Å². The van der Waals surface area contributed by atoms with Crippen molar-refractivity contribution in [3.8, 4) is 0 Å². The van der Waals surface area contributed by atoms with Crippen molar-refractivity contribution < 1.29 is 0 Å². The molecule has 1 heterocycles. The van der Waals surface area contributed by atoms with Gasteiger partial charge in [-0.3, -0.25) is 4.68 Å². The van der Waals surface area contributed by atoms with E-state index in [-0.39, 0.29) is 5.54 Å². The van der Waals surface area contributed by atoms with Gasteiger partial charge in [0, 0.05) is 18.8 Å². The average molecular weight is 235 g/mol. The first-order valence-corrected chi connectivity index (χ1v) is 6.65. The van der Waals surface area contributed by atoms with Gasteiger partial charge in [-0.05, 0) is 43.1 Å². The topological polar surface area (TPSA) is 43.8 Å². The lowest BCUT2D eigenvalue weighted by Gasteiger charge is -2.42. The van der Waals surface area contributed by atoms with Gasteiger partial charge >= 0.3 is 0 Å².